The zero-order valence-electron chi connectivity index (χ0n) is 20.3. The van der Waals surface area contributed by atoms with Crippen LogP contribution in [-0.4, -0.2) is 42.9 Å². The standard InChI is InChI=1S/C25H56P2/c1-7-13-19-26(20-14-8-2,21-15-9-3)25-27(22-16-10-4,23-17-11-5)24-18-12-6/h7-25H2,1-6H3/q+2. The van der Waals surface area contributed by atoms with Crippen LogP contribution in [-0.2, 0) is 0 Å². The first-order valence-corrected chi connectivity index (χ1v) is 17.8. The third-order valence-corrected chi connectivity index (χ3v) is 18.9. The van der Waals surface area contributed by atoms with Crippen molar-refractivity contribution in [1.29, 1.82) is 0 Å². The summed E-state index contributed by atoms with van der Waals surface area (Å²) in [6, 6.07) is 0. The molecule has 0 atom stereocenters. The van der Waals surface area contributed by atoms with Crippen molar-refractivity contribution < 1.29 is 0 Å². The Labute approximate surface area is 176 Å². The van der Waals surface area contributed by atoms with Crippen molar-refractivity contribution in [3.05, 3.63) is 0 Å². The van der Waals surface area contributed by atoms with Crippen LogP contribution in [0.2, 0.25) is 0 Å². The molecule has 2 heteroatoms. The van der Waals surface area contributed by atoms with Gasteiger partial charge in [0.25, 0.3) is 0 Å². The minimum Gasteiger partial charge on any atom is -0.0652 e. The molecular weight excluding hydrogens is 362 g/mol. The maximum atomic E-state index is 2.42. The van der Waals surface area contributed by atoms with Crippen LogP contribution in [0.1, 0.15) is 119 Å². The van der Waals surface area contributed by atoms with Gasteiger partial charge in [-0.05, 0) is 38.5 Å². The largest absolute Gasteiger partial charge is 0.159 e. The van der Waals surface area contributed by atoms with Crippen LogP contribution < -0.4 is 0 Å². The second kappa shape index (κ2) is 17.7. The van der Waals surface area contributed by atoms with Gasteiger partial charge in [-0.1, -0.05) is 80.1 Å². The van der Waals surface area contributed by atoms with Crippen molar-refractivity contribution in [1.82, 2.24) is 0 Å². The zero-order chi connectivity index (χ0) is 20.4. The molecule has 0 unspecified atom stereocenters. The maximum absolute atomic E-state index is 2.42. The van der Waals surface area contributed by atoms with Crippen LogP contribution in [0.3, 0.4) is 0 Å². The molecule has 0 aliphatic carbocycles. The van der Waals surface area contributed by atoms with Gasteiger partial charge in [0.2, 0.25) is 0 Å². The van der Waals surface area contributed by atoms with Gasteiger partial charge < -0.3 is 0 Å². The van der Waals surface area contributed by atoms with E-state index >= 15 is 0 Å². The molecule has 0 fully saturated rings. The Kier molecular flexibility index (Phi) is 18.3. The molecule has 0 saturated carbocycles. The van der Waals surface area contributed by atoms with Crippen molar-refractivity contribution in [2.24, 2.45) is 0 Å². The molecule has 0 nitrogen and oxygen atoms in total. The van der Waals surface area contributed by atoms with E-state index in [4.69, 9.17) is 0 Å². The van der Waals surface area contributed by atoms with Gasteiger partial charge in [0, 0.05) is 0 Å². The summed E-state index contributed by atoms with van der Waals surface area (Å²) < 4.78 is 0. The summed E-state index contributed by atoms with van der Waals surface area (Å²) in [4.78, 5) is 0. The van der Waals surface area contributed by atoms with E-state index in [1.54, 1.807) is 42.9 Å². The monoisotopic (exact) mass is 418 g/mol. The van der Waals surface area contributed by atoms with Crippen molar-refractivity contribution in [2.45, 2.75) is 119 Å². The second-order valence-electron chi connectivity index (χ2n) is 9.29. The average Bonchev–Trinajstić information content (AvgIpc) is 2.70. The highest BCUT2D eigenvalue weighted by molar-refractivity contribution is 7.92. The summed E-state index contributed by atoms with van der Waals surface area (Å²) in [5, 5.41) is 0. The van der Waals surface area contributed by atoms with Gasteiger partial charge in [-0.3, -0.25) is 0 Å². The van der Waals surface area contributed by atoms with Gasteiger partial charge in [0.1, 0.15) is 0 Å². The Hall–Kier alpha value is 0.860. The molecule has 27 heavy (non-hydrogen) atoms. The van der Waals surface area contributed by atoms with E-state index in [9.17, 15) is 0 Å². The van der Waals surface area contributed by atoms with Crippen molar-refractivity contribution in [3.63, 3.8) is 0 Å². The Balaban J connectivity index is 5.66. The molecule has 0 amide bonds. The summed E-state index contributed by atoms with van der Waals surface area (Å²) in [7, 11) is -1.48. The molecule has 0 spiro atoms. The van der Waals surface area contributed by atoms with Gasteiger partial charge in [0.05, 0.1) is 51.5 Å². The Morgan fingerprint density at radius 3 is 0.667 bits per heavy atom. The smallest absolute Gasteiger partial charge is 0.0652 e. The van der Waals surface area contributed by atoms with E-state index in [-0.39, 0.29) is 0 Å². The quantitative estimate of drug-likeness (QED) is 0.173. The van der Waals surface area contributed by atoms with E-state index in [1.165, 1.54) is 77.0 Å². The molecule has 0 aliphatic rings. The lowest BCUT2D eigenvalue weighted by Crippen LogP contribution is -2.20. The second-order valence-corrected chi connectivity index (χ2v) is 18.5. The fraction of sp³-hybridized carbons (Fsp3) is 1.00. The third kappa shape index (κ3) is 12.2. The highest BCUT2D eigenvalue weighted by Crippen LogP contribution is 2.76. The fourth-order valence-electron chi connectivity index (χ4n) is 4.69. The van der Waals surface area contributed by atoms with Crippen LogP contribution in [0.25, 0.3) is 0 Å². The van der Waals surface area contributed by atoms with Crippen LogP contribution in [0.5, 0.6) is 0 Å². The Morgan fingerprint density at radius 2 is 0.519 bits per heavy atom. The van der Waals surface area contributed by atoms with Gasteiger partial charge in [-0.2, -0.15) is 0 Å². The minimum atomic E-state index is -0.738. The number of hydrogen-bond donors (Lipinski definition) is 0. The van der Waals surface area contributed by atoms with Crippen molar-refractivity contribution >= 4 is 14.5 Å². The molecule has 0 radical (unpaired) electrons. The van der Waals surface area contributed by atoms with Crippen LogP contribution in [0, 0.1) is 0 Å². The molecule has 0 aromatic carbocycles. The predicted octanol–water partition coefficient (Wildman–Crippen LogP) is 9.78. The fourth-order valence-corrected chi connectivity index (χ4v) is 20.4. The summed E-state index contributed by atoms with van der Waals surface area (Å²) in [6.07, 6.45) is 27.3. The molecule has 0 rings (SSSR count). The molecule has 0 bridgehead atoms. The average molecular weight is 419 g/mol. The first-order valence-electron chi connectivity index (χ1n) is 12.8. The first-order chi connectivity index (χ1) is 13.1. The van der Waals surface area contributed by atoms with Crippen molar-refractivity contribution in [2.75, 3.05) is 42.9 Å². The van der Waals surface area contributed by atoms with E-state index in [0.717, 1.165) is 0 Å². The van der Waals surface area contributed by atoms with Gasteiger partial charge in [-0.15, -0.1) is 0 Å². The SMILES string of the molecule is CCCC[P+](CCCC)(CCCC)C[P+](CCCC)(CCCC)CCCC. The molecule has 164 valence electrons. The topological polar surface area (TPSA) is 0 Å². The normalized spacial score (nSPS) is 12.7. The summed E-state index contributed by atoms with van der Waals surface area (Å²) in [6.45, 7) is 14.5. The van der Waals surface area contributed by atoms with E-state index in [0.29, 0.717) is 0 Å². The third-order valence-electron chi connectivity index (χ3n) is 6.52. The first kappa shape index (κ1) is 27.9. The molecule has 0 saturated heterocycles. The number of unbranched alkanes of at least 4 members (excludes halogenated alkanes) is 6. The number of rotatable bonds is 20. The molecule has 0 heterocycles. The van der Waals surface area contributed by atoms with E-state index in [1.807, 2.05) is 0 Å². The summed E-state index contributed by atoms with van der Waals surface area (Å²) >= 11 is 0. The predicted molar refractivity (Wildman–Crippen MR) is 137 cm³/mol. The molecule has 0 aliphatic heterocycles. The lowest BCUT2D eigenvalue weighted by atomic mass is 10.4. The van der Waals surface area contributed by atoms with Crippen LogP contribution in [0.4, 0.5) is 0 Å². The minimum absolute atomic E-state index is 0.738. The Morgan fingerprint density at radius 1 is 0.333 bits per heavy atom. The molecule has 0 N–H and O–H groups in total. The lowest BCUT2D eigenvalue weighted by molar-refractivity contribution is 0.827. The van der Waals surface area contributed by atoms with Gasteiger partial charge in [-0.25, -0.2) is 0 Å². The number of hydrogen-bond acceptors (Lipinski definition) is 0. The van der Waals surface area contributed by atoms with Gasteiger partial charge in [0.15, 0.2) is 5.90 Å². The van der Waals surface area contributed by atoms with Crippen LogP contribution >= 0.6 is 14.5 Å². The highest BCUT2D eigenvalue weighted by Gasteiger charge is 2.49. The zero-order valence-corrected chi connectivity index (χ0v) is 22.1. The summed E-state index contributed by atoms with van der Waals surface area (Å²) in [5.74, 6) is 1.76. The van der Waals surface area contributed by atoms with Crippen LogP contribution in [0.15, 0.2) is 0 Å². The Bertz CT molecular complexity index is 240. The molecule has 0 aromatic rings. The van der Waals surface area contributed by atoms with E-state index < -0.39 is 14.5 Å². The lowest BCUT2D eigenvalue weighted by Gasteiger charge is -2.35. The van der Waals surface area contributed by atoms with Gasteiger partial charge >= 0.3 is 0 Å². The molecule has 0 aromatic heterocycles. The summed E-state index contributed by atoms with van der Waals surface area (Å²) in [5.41, 5.74) is 0. The van der Waals surface area contributed by atoms with E-state index in [2.05, 4.69) is 41.5 Å². The highest BCUT2D eigenvalue weighted by atomic mass is 31.2. The maximum Gasteiger partial charge on any atom is 0.159 e. The van der Waals surface area contributed by atoms with Crippen molar-refractivity contribution in [3.8, 4) is 0 Å². The molecular formula is C25H56P2+2.